The van der Waals surface area contributed by atoms with E-state index < -0.39 is 0 Å². The first-order valence-corrected chi connectivity index (χ1v) is 8.02. The maximum absolute atomic E-state index is 12.0. The Bertz CT molecular complexity index is 855. The van der Waals surface area contributed by atoms with Crippen LogP contribution in [0.4, 0.5) is 10.5 Å². The van der Waals surface area contributed by atoms with Crippen LogP contribution in [0, 0.1) is 6.92 Å². The van der Waals surface area contributed by atoms with Gasteiger partial charge in [-0.25, -0.2) is 9.78 Å². The lowest BCUT2D eigenvalue weighted by atomic mass is 10.3. The number of aromatic nitrogens is 5. The van der Waals surface area contributed by atoms with E-state index in [1.54, 1.807) is 13.4 Å². The molecule has 0 fully saturated rings. The fourth-order valence-corrected chi connectivity index (χ4v) is 2.53. The summed E-state index contributed by atoms with van der Waals surface area (Å²) < 4.78 is 6.96. The molecular formula is C16H21N7O2. The zero-order valence-corrected chi connectivity index (χ0v) is 14.2. The quantitative estimate of drug-likeness (QED) is 0.602. The van der Waals surface area contributed by atoms with E-state index in [9.17, 15) is 4.79 Å². The number of aryl methyl sites for hydroxylation is 1. The Balaban J connectivity index is 1.50. The molecule has 0 saturated carbocycles. The molecule has 3 rings (SSSR count). The number of benzene rings is 1. The Morgan fingerprint density at radius 1 is 1.40 bits per heavy atom. The van der Waals surface area contributed by atoms with E-state index in [0.29, 0.717) is 31.8 Å². The van der Waals surface area contributed by atoms with Crippen LogP contribution in [-0.2, 0) is 17.7 Å². The van der Waals surface area contributed by atoms with Gasteiger partial charge in [0.1, 0.15) is 18.0 Å². The van der Waals surface area contributed by atoms with Gasteiger partial charge in [0.25, 0.3) is 0 Å². The van der Waals surface area contributed by atoms with Gasteiger partial charge in [-0.3, -0.25) is 0 Å². The van der Waals surface area contributed by atoms with Crippen LogP contribution in [0.3, 0.4) is 0 Å². The Hall–Kier alpha value is -2.94. The number of amides is 2. The van der Waals surface area contributed by atoms with Crippen molar-refractivity contribution in [2.75, 3.05) is 25.6 Å². The average molecular weight is 343 g/mol. The molecule has 0 radical (unpaired) electrons. The van der Waals surface area contributed by atoms with E-state index in [1.165, 1.54) is 0 Å². The molecule has 3 N–H and O–H groups in total. The highest BCUT2D eigenvalue weighted by molar-refractivity contribution is 5.91. The Labute approximate surface area is 144 Å². The summed E-state index contributed by atoms with van der Waals surface area (Å²) in [7, 11) is 1.65. The minimum absolute atomic E-state index is 0.265. The Kier molecular flexibility index (Phi) is 5.24. The second-order valence-electron chi connectivity index (χ2n) is 5.62. The third-order valence-corrected chi connectivity index (χ3v) is 3.72. The number of fused-ring (bicyclic) bond motifs is 1. The number of urea groups is 1. The van der Waals surface area contributed by atoms with Crippen molar-refractivity contribution in [1.82, 2.24) is 30.0 Å². The van der Waals surface area contributed by atoms with E-state index in [0.717, 1.165) is 22.7 Å². The van der Waals surface area contributed by atoms with Crippen molar-refractivity contribution in [3.63, 3.8) is 0 Å². The zero-order valence-electron chi connectivity index (χ0n) is 14.2. The van der Waals surface area contributed by atoms with Crippen molar-refractivity contribution >= 4 is 22.8 Å². The smallest absolute Gasteiger partial charge is 0.319 e. The highest BCUT2D eigenvalue weighted by Gasteiger charge is 2.07. The monoisotopic (exact) mass is 343 g/mol. The maximum atomic E-state index is 12.0. The number of hydrogen-bond donors (Lipinski definition) is 3. The van der Waals surface area contributed by atoms with Crippen molar-refractivity contribution in [2.24, 2.45) is 0 Å². The van der Waals surface area contributed by atoms with Gasteiger partial charge in [0.15, 0.2) is 0 Å². The number of nitrogens with one attached hydrogen (secondary N) is 3. The van der Waals surface area contributed by atoms with Crippen LogP contribution < -0.4 is 10.6 Å². The SMILES string of the molecule is COCCn1cnnc1CCNC(=O)Nc1ccc2nc(C)[nH]c2c1. The first-order chi connectivity index (χ1) is 12.2. The number of carbonyl (C=O) groups excluding carboxylic acids is 1. The number of H-pyrrole nitrogens is 1. The van der Waals surface area contributed by atoms with Crippen LogP contribution >= 0.6 is 0 Å². The van der Waals surface area contributed by atoms with Gasteiger partial charge in [-0.15, -0.1) is 10.2 Å². The lowest BCUT2D eigenvalue weighted by molar-refractivity contribution is 0.186. The number of nitrogens with zero attached hydrogens (tertiary/aromatic N) is 4. The summed E-state index contributed by atoms with van der Waals surface area (Å²) in [4.78, 5) is 19.5. The lowest BCUT2D eigenvalue weighted by Gasteiger charge is -2.08. The third-order valence-electron chi connectivity index (χ3n) is 3.72. The second kappa shape index (κ2) is 7.75. The number of carbonyl (C=O) groups is 1. The Morgan fingerprint density at radius 2 is 2.28 bits per heavy atom. The molecule has 0 aliphatic carbocycles. The number of imidazole rings is 1. The molecule has 9 nitrogen and oxygen atoms in total. The van der Waals surface area contributed by atoms with Crippen molar-refractivity contribution in [1.29, 1.82) is 0 Å². The predicted molar refractivity (Wildman–Crippen MR) is 93.5 cm³/mol. The average Bonchev–Trinajstić information content (AvgIpc) is 3.17. The molecule has 3 aromatic rings. The molecule has 2 heterocycles. The molecule has 0 unspecified atom stereocenters. The Morgan fingerprint density at radius 3 is 3.12 bits per heavy atom. The fourth-order valence-electron chi connectivity index (χ4n) is 2.53. The number of ether oxygens (including phenoxy) is 1. The van der Waals surface area contributed by atoms with Gasteiger partial charge in [-0.1, -0.05) is 0 Å². The van der Waals surface area contributed by atoms with E-state index in [1.807, 2.05) is 29.7 Å². The van der Waals surface area contributed by atoms with E-state index in [-0.39, 0.29) is 6.03 Å². The van der Waals surface area contributed by atoms with Gasteiger partial charge in [0, 0.05) is 32.3 Å². The molecule has 2 amide bonds. The summed E-state index contributed by atoms with van der Waals surface area (Å²) in [6.45, 7) is 3.64. The number of rotatable bonds is 7. The van der Waals surface area contributed by atoms with Crippen molar-refractivity contribution in [3.05, 3.63) is 36.2 Å². The summed E-state index contributed by atoms with van der Waals surface area (Å²) in [6.07, 6.45) is 2.26. The van der Waals surface area contributed by atoms with Crippen LogP contribution in [0.5, 0.6) is 0 Å². The summed E-state index contributed by atoms with van der Waals surface area (Å²) >= 11 is 0. The van der Waals surface area contributed by atoms with E-state index in [4.69, 9.17) is 4.74 Å². The molecule has 2 aromatic heterocycles. The number of anilines is 1. The summed E-state index contributed by atoms with van der Waals surface area (Å²) in [5.74, 6) is 1.65. The molecular weight excluding hydrogens is 322 g/mol. The van der Waals surface area contributed by atoms with Crippen LogP contribution in [0.2, 0.25) is 0 Å². The van der Waals surface area contributed by atoms with Gasteiger partial charge < -0.3 is 24.9 Å². The number of methoxy groups -OCH3 is 1. The minimum atomic E-state index is -0.265. The number of aromatic amines is 1. The minimum Gasteiger partial charge on any atom is -0.383 e. The molecule has 0 atom stereocenters. The molecule has 1 aromatic carbocycles. The molecule has 9 heteroatoms. The summed E-state index contributed by atoms with van der Waals surface area (Å²) in [6, 6.07) is 5.28. The molecule has 0 aliphatic heterocycles. The first-order valence-electron chi connectivity index (χ1n) is 8.02. The lowest BCUT2D eigenvalue weighted by Crippen LogP contribution is -2.31. The largest absolute Gasteiger partial charge is 0.383 e. The van der Waals surface area contributed by atoms with Gasteiger partial charge in [-0.2, -0.15) is 0 Å². The molecule has 0 saturated heterocycles. The van der Waals surface area contributed by atoms with Gasteiger partial charge in [0.2, 0.25) is 0 Å². The molecule has 25 heavy (non-hydrogen) atoms. The van der Waals surface area contributed by atoms with E-state index >= 15 is 0 Å². The molecule has 132 valence electrons. The zero-order chi connectivity index (χ0) is 17.6. The van der Waals surface area contributed by atoms with Crippen molar-refractivity contribution < 1.29 is 9.53 Å². The van der Waals surface area contributed by atoms with Gasteiger partial charge >= 0.3 is 6.03 Å². The van der Waals surface area contributed by atoms with Crippen molar-refractivity contribution in [3.8, 4) is 0 Å². The molecule has 0 aliphatic rings. The standard InChI is InChI=1S/C16H21N7O2/c1-11-19-13-4-3-12(9-14(13)20-11)21-16(24)17-6-5-15-22-18-10-23(15)7-8-25-2/h3-4,9-10H,5-8H2,1-2H3,(H,19,20)(H2,17,21,24). The first kappa shape index (κ1) is 16.9. The third kappa shape index (κ3) is 4.32. The second-order valence-corrected chi connectivity index (χ2v) is 5.62. The normalized spacial score (nSPS) is 11.0. The van der Waals surface area contributed by atoms with E-state index in [2.05, 4.69) is 30.8 Å². The highest BCUT2D eigenvalue weighted by atomic mass is 16.5. The van der Waals surface area contributed by atoms with Crippen LogP contribution in [0.1, 0.15) is 11.6 Å². The molecule has 0 bridgehead atoms. The maximum Gasteiger partial charge on any atom is 0.319 e. The van der Waals surface area contributed by atoms with Gasteiger partial charge in [-0.05, 0) is 25.1 Å². The fraction of sp³-hybridized carbons (Fsp3) is 0.375. The van der Waals surface area contributed by atoms with Crippen LogP contribution in [0.25, 0.3) is 11.0 Å². The number of hydrogen-bond acceptors (Lipinski definition) is 5. The van der Waals surface area contributed by atoms with Crippen LogP contribution in [-0.4, -0.2) is 51.0 Å². The molecule has 0 spiro atoms. The van der Waals surface area contributed by atoms with Crippen LogP contribution in [0.15, 0.2) is 24.5 Å². The summed E-state index contributed by atoms with van der Waals surface area (Å²) in [5, 5.41) is 13.6. The van der Waals surface area contributed by atoms with Gasteiger partial charge in [0.05, 0.1) is 17.6 Å². The highest BCUT2D eigenvalue weighted by Crippen LogP contribution is 2.16. The topological polar surface area (TPSA) is 110 Å². The summed E-state index contributed by atoms with van der Waals surface area (Å²) in [5.41, 5.74) is 2.47. The predicted octanol–water partition coefficient (Wildman–Crippen LogP) is 1.47. The van der Waals surface area contributed by atoms with Crippen molar-refractivity contribution in [2.45, 2.75) is 19.9 Å².